The number of halogens is 2. The van der Waals surface area contributed by atoms with Crippen LogP contribution in [0.1, 0.15) is 28.5 Å². The molecule has 0 aliphatic rings. The van der Waals surface area contributed by atoms with E-state index in [1.54, 1.807) is 98.4 Å². The van der Waals surface area contributed by atoms with Crippen LogP contribution in [0, 0.1) is 6.92 Å². The molecule has 9 nitrogen and oxygen atoms in total. The fourth-order valence-corrected chi connectivity index (χ4v) is 6.21. The zero-order valence-corrected chi connectivity index (χ0v) is 28.5. The summed E-state index contributed by atoms with van der Waals surface area (Å²) in [5.41, 5.74) is 2.23. The van der Waals surface area contributed by atoms with Crippen LogP contribution in [-0.2, 0) is 16.6 Å². The highest BCUT2D eigenvalue weighted by Crippen LogP contribution is 2.29. The number of carbonyl (C=O) groups excluding carboxylic acids is 3. The van der Waals surface area contributed by atoms with E-state index in [0.717, 1.165) is 0 Å². The van der Waals surface area contributed by atoms with Gasteiger partial charge in [-0.25, -0.2) is 4.68 Å². The summed E-state index contributed by atoms with van der Waals surface area (Å²) in [7, 11) is 1.76. The lowest BCUT2D eigenvalue weighted by Gasteiger charge is -2.14. The fourth-order valence-electron chi connectivity index (χ4n) is 4.78. The average molecular weight is 701 g/mol. The summed E-state index contributed by atoms with van der Waals surface area (Å²) in [6, 6.07) is 29.5. The van der Waals surface area contributed by atoms with Crippen LogP contribution in [-0.4, -0.2) is 32.3 Å². The SMILES string of the molecule is Cc1c(NC(=O)C(C)Sc2cccc(NC(=O)/C(=C\c3c(Cl)cccc3Cl)NC(=O)c3ccccc3)c2)c(=O)n(-c2ccccc2)n1C. The van der Waals surface area contributed by atoms with Gasteiger partial charge in [-0.2, -0.15) is 0 Å². The van der Waals surface area contributed by atoms with E-state index >= 15 is 0 Å². The molecule has 244 valence electrons. The van der Waals surface area contributed by atoms with Crippen molar-refractivity contribution in [3.05, 3.63) is 146 Å². The van der Waals surface area contributed by atoms with E-state index in [-0.39, 0.29) is 22.9 Å². The number of nitrogens with zero attached hydrogens (tertiary/aromatic N) is 2. The molecule has 0 saturated carbocycles. The number of hydrogen-bond acceptors (Lipinski definition) is 5. The summed E-state index contributed by atoms with van der Waals surface area (Å²) in [6.45, 7) is 3.50. The number of carbonyl (C=O) groups is 3. The zero-order valence-electron chi connectivity index (χ0n) is 26.2. The highest BCUT2D eigenvalue weighted by Gasteiger charge is 2.22. The Morgan fingerprint density at radius 1 is 0.833 bits per heavy atom. The van der Waals surface area contributed by atoms with Crippen LogP contribution in [0.4, 0.5) is 11.4 Å². The quantitative estimate of drug-likeness (QED) is 0.104. The van der Waals surface area contributed by atoms with Gasteiger partial charge >= 0.3 is 0 Å². The van der Waals surface area contributed by atoms with Crippen molar-refractivity contribution in [3.63, 3.8) is 0 Å². The van der Waals surface area contributed by atoms with Crippen molar-refractivity contribution in [1.82, 2.24) is 14.7 Å². The maximum Gasteiger partial charge on any atom is 0.295 e. The van der Waals surface area contributed by atoms with Crippen LogP contribution in [0.15, 0.2) is 119 Å². The summed E-state index contributed by atoms with van der Waals surface area (Å²) < 4.78 is 3.20. The number of nitrogens with one attached hydrogen (secondary N) is 3. The van der Waals surface area contributed by atoms with Crippen LogP contribution >= 0.6 is 35.0 Å². The van der Waals surface area contributed by atoms with Crippen LogP contribution in [0.25, 0.3) is 11.8 Å². The minimum atomic E-state index is -0.613. The monoisotopic (exact) mass is 699 g/mol. The topological polar surface area (TPSA) is 114 Å². The average Bonchev–Trinajstić information content (AvgIpc) is 3.29. The molecule has 0 fully saturated rings. The predicted molar refractivity (Wildman–Crippen MR) is 193 cm³/mol. The normalized spacial score (nSPS) is 11.9. The molecule has 0 aliphatic heterocycles. The van der Waals surface area contributed by atoms with Crippen LogP contribution < -0.4 is 21.5 Å². The molecule has 0 saturated heterocycles. The van der Waals surface area contributed by atoms with Gasteiger partial charge in [-0.15, -0.1) is 11.8 Å². The molecule has 4 aromatic carbocycles. The second-order valence-corrected chi connectivity index (χ2v) is 12.9. The van der Waals surface area contributed by atoms with Crippen molar-refractivity contribution in [2.45, 2.75) is 24.0 Å². The van der Waals surface area contributed by atoms with Crippen molar-refractivity contribution in [1.29, 1.82) is 0 Å². The van der Waals surface area contributed by atoms with Gasteiger partial charge in [0.05, 0.1) is 16.6 Å². The summed E-state index contributed by atoms with van der Waals surface area (Å²) >= 11 is 14.0. The van der Waals surface area contributed by atoms with E-state index in [2.05, 4.69) is 16.0 Å². The smallest absolute Gasteiger partial charge is 0.295 e. The molecule has 0 bridgehead atoms. The first-order chi connectivity index (χ1) is 23.0. The molecule has 0 spiro atoms. The van der Waals surface area contributed by atoms with E-state index in [0.29, 0.717) is 43.1 Å². The van der Waals surface area contributed by atoms with Crippen molar-refractivity contribution >= 4 is 70.1 Å². The highest BCUT2D eigenvalue weighted by molar-refractivity contribution is 8.00. The van der Waals surface area contributed by atoms with Crippen molar-refractivity contribution in [2.75, 3.05) is 10.6 Å². The van der Waals surface area contributed by atoms with Gasteiger partial charge in [-0.3, -0.25) is 23.9 Å². The molecule has 0 aliphatic carbocycles. The molecular formula is C36H31Cl2N5O4S. The molecule has 1 atom stereocenters. The number of rotatable bonds is 10. The number of benzene rings is 4. The third-order valence-electron chi connectivity index (χ3n) is 7.39. The molecular weight excluding hydrogens is 669 g/mol. The summed E-state index contributed by atoms with van der Waals surface area (Å²) in [5.74, 6) is -1.46. The Labute approximate surface area is 291 Å². The molecule has 3 N–H and O–H groups in total. The first-order valence-corrected chi connectivity index (χ1v) is 16.4. The third kappa shape index (κ3) is 7.91. The van der Waals surface area contributed by atoms with Crippen molar-refractivity contribution in [2.24, 2.45) is 7.05 Å². The molecule has 12 heteroatoms. The van der Waals surface area contributed by atoms with Gasteiger partial charge in [0.1, 0.15) is 11.4 Å². The number of hydrogen-bond donors (Lipinski definition) is 3. The number of para-hydroxylation sites is 1. The third-order valence-corrected chi connectivity index (χ3v) is 9.15. The second-order valence-electron chi connectivity index (χ2n) is 10.7. The second kappa shape index (κ2) is 15.2. The lowest BCUT2D eigenvalue weighted by atomic mass is 10.1. The van der Waals surface area contributed by atoms with E-state index in [1.807, 2.05) is 30.3 Å². The van der Waals surface area contributed by atoms with E-state index < -0.39 is 17.1 Å². The first-order valence-electron chi connectivity index (χ1n) is 14.8. The van der Waals surface area contributed by atoms with E-state index in [9.17, 15) is 19.2 Å². The van der Waals surface area contributed by atoms with Gasteiger partial charge < -0.3 is 16.0 Å². The summed E-state index contributed by atoms with van der Waals surface area (Å²) in [5, 5.41) is 8.30. The first kappa shape index (κ1) is 34.3. The Balaban J connectivity index is 1.32. The number of aromatic nitrogens is 2. The Kier molecular flexibility index (Phi) is 10.9. The molecule has 1 aromatic heterocycles. The minimum Gasteiger partial charge on any atom is -0.321 e. The van der Waals surface area contributed by atoms with Gasteiger partial charge in [0, 0.05) is 38.8 Å². The molecule has 48 heavy (non-hydrogen) atoms. The standard InChI is InChI=1S/C36H31Cl2N5O4S/c1-22-32(36(47)43(42(22)3)26-15-8-5-9-16-26)41-33(44)23(2)48-27-17-10-14-25(20-27)39-35(46)31(21-28-29(37)18-11-19-30(28)38)40-34(45)24-12-6-4-7-13-24/h4-21,23H,1-3H3,(H,39,46)(H,40,45)(H,41,44)/b31-21+. The van der Waals surface area contributed by atoms with Gasteiger partial charge in [0.2, 0.25) is 5.91 Å². The molecule has 3 amide bonds. The highest BCUT2D eigenvalue weighted by atomic mass is 35.5. The number of thioether (sulfide) groups is 1. The molecule has 5 rings (SSSR count). The Morgan fingerprint density at radius 3 is 2.12 bits per heavy atom. The van der Waals surface area contributed by atoms with Gasteiger partial charge in [-0.1, -0.05) is 71.7 Å². The maximum atomic E-state index is 13.6. The van der Waals surface area contributed by atoms with Gasteiger partial charge in [-0.05, 0) is 74.5 Å². The Morgan fingerprint density at radius 2 is 1.46 bits per heavy atom. The number of anilines is 2. The van der Waals surface area contributed by atoms with Gasteiger partial charge in [0.15, 0.2) is 0 Å². The predicted octanol–water partition coefficient (Wildman–Crippen LogP) is 7.32. The largest absolute Gasteiger partial charge is 0.321 e. The molecule has 1 unspecified atom stereocenters. The van der Waals surface area contributed by atoms with Gasteiger partial charge in [0.25, 0.3) is 17.4 Å². The Hall–Kier alpha value is -5.03. The van der Waals surface area contributed by atoms with Crippen LogP contribution in [0.2, 0.25) is 10.0 Å². The van der Waals surface area contributed by atoms with E-state index in [4.69, 9.17) is 23.2 Å². The van der Waals surface area contributed by atoms with Crippen LogP contribution in [0.5, 0.6) is 0 Å². The zero-order chi connectivity index (χ0) is 34.4. The van der Waals surface area contributed by atoms with E-state index in [1.165, 1.54) is 22.5 Å². The lowest BCUT2D eigenvalue weighted by molar-refractivity contribution is -0.115. The Bertz CT molecular complexity index is 2060. The van der Waals surface area contributed by atoms with Crippen molar-refractivity contribution < 1.29 is 14.4 Å². The lowest BCUT2D eigenvalue weighted by Crippen LogP contribution is -2.30. The molecule has 1 heterocycles. The maximum absolute atomic E-state index is 13.6. The molecule has 0 radical (unpaired) electrons. The molecule has 5 aromatic rings. The minimum absolute atomic E-state index is 0.0796. The number of amides is 3. The summed E-state index contributed by atoms with van der Waals surface area (Å²) in [4.78, 5) is 53.8. The van der Waals surface area contributed by atoms with Crippen molar-refractivity contribution in [3.8, 4) is 5.69 Å². The fraction of sp³-hybridized carbons (Fsp3) is 0.111. The summed E-state index contributed by atoms with van der Waals surface area (Å²) in [6.07, 6.45) is 1.42. The van der Waals surface area contributed by atoms with Crippen LogP contribution in [0.3, 0.4) is 0 Å².